The molecule has 4 aromatic carbocycles. The Morgan fingerprint density at radius 2 is 0.667 bits per heavy atom. The average molecular weight is 609 g/mol. The summed E-state index contributed by atoms with van der Waals surface area (Å²) in [5.74, 6) is 0. The molecule has 8 rings (SSSR count). The van der Waals surface area contributed by atoms with Crippen LogP contribution in [0.2, 0.25) is 0 Å². The molecule has 0 N–H and O–H groups in total. The van der Waals surface area contributed by atoms with Gasteiger partial charge in [0.25, 0.3) is 0 Å². The maximum Gasteiger partial charge on any atom is 4.00 e. The van der Waals surface area contributed by atoms with Crippen LogP contribution in [0.3, 0.4) is 0 Å². The second kappa shape index (κ2) is 15.5. The van der Waals surface area contributed by atoms with Gasteiger partial charge >= 0.3 is 21.7 Å². The predicted molar refractivity (Wildman–Crippen MR) is 173 cm³/mol. The Bertz CT molecular complexity index is 1470. The van der Waals surface area contributed by atoms with Gasteiger partial charge < -0.3 is 25.3 Å². The minimum Gasteiger partial charge on any atom is -0.778 e. The summed E-state index contributed by atoms with van der Waals surface area (Å²) in [5, 5.41) is 5.22. The van der Waals surface area contributed by atoms with Crippen LogP contribution in [0.25, 0.3) is 40.3 Å². The van der Waals surface area contributed by atoms with Gasteiger partial charge in [0.05, 0.1) is 0 Å². The number of thiophene rings is 2. The third-order valence-corrected chi connectivity index (χ3v) is 9.23. The van der Waals surface area contributed by atoms with Crippen LogP contribution in [0.15, 0.2) is 94.7 Å². The molecule has 6 aromatic rings. The zero-order valence-corrected chi connectivity index (χ0v) is 25.8. The van der Waals surface area contributed by atoms with Crippen LogP contribution in [0, 0.1) is 64.2 Å². The molecular weight excluding hydrogens is 585 g/mol. The van der Waals surface area contributed by atoms with E-state index in [1.165, 1.54) is 40.3 Å². The van der Waals surface area contributed by atoms with Gasteiger partial charge in [0.15, 0.2) is 0 Å². The van der Waals surface area contributed by atoms with E-state index in [-0.39, 0.29) is 21.7 Å². The third-order valence-electron chi connectivity index (χ3n) is 5.85. The van der Waals surface area contributed by atoms with Crippen LogP contribution in [0.1, 0.15) is 0 Å². The summed E-state index contributed by atoms with van der Waals surface area (Å²) >= 11 is 14.2. The van der Waals surface area contributed by atoms with Crippen molar-refractivity contribution in [2.75, 3.05) is 0 Å². The third kappa shape index (κ3) is 7.82. The van der Waals surface area contributed by atoms with Crippen molar-refractivity contribution in [2.24, 2.45) is 0 Å². The zero-order valence-electron chi connectivity index (χ0n) is 21.0. The largest absolute Gasteiger partial charge is 4.00 e. The van der Waals surface area contributed by atoms with Gasteiger partial charge in [-0.15, -0.1) is 22.7 Å². The van der Waals surface area contributed by atoms with Crippen molar-refractivity contribution in [2.45, 2.75) is 9.79 Å². The Morgan fingerprint density at radius 1 is 0.359 bits per heavy atom. The molecule has 10 radical (unpaired) electrons. The summed E-state index contributed by atoms with van der Waals surface area (Å²) in [6.45, 7) is 0. The van der Waals surface area contributed by atoms with E-state index < -0.39 is 0 Å². The molecule has 2 fully saturated rings. The molecule has 2 aliphatic carbocycles. The topological polar surface area (TPSA) is 0 Å². The van der Waals surface area contributed by atoms with Crippen LogP contribution in [-0.2, 0) is 47.0 Å². The molecule has 0 amide bonds. The van der Waals surface area contributed by atoms with E-state index in [9.17, 15) is 0 Å². The summed E-state index contributed by atoms with van der Waals surface area (Å²) in [7, 11) is 0. The Labute approximate surface area is 266 Å². The molecule has 2 heterocycles. The molecule has 0 unspecified atom stereocenters. The van der Waals surface area contributed by atoms with E-state index in [1.54, 1.807) is 22.7 Å². The Balaban J connectivity index is 0.000000132. The van der Waals surface area contributed by atoms with Crippen molar-refractivity contribution in [3.05, 3.63) is 149 Å². The Hall–Kier alpha value is -1.53. The maximum atomic E-state index is 5.31. The normalized spacial score (nSPS) is 14.2. The molecule has 39 heavy (non-hydrogen) atoms. The fraction of sp³-hybridized carbons (Fsp3) is 0. The minimum atomic E-state index is 0. The van der Waals surface area contributed by atoms with Crippen LogP contribution in [-0.4, -0.2) is 0 Å². The standard InChI is InChI=1S/2C12H8S2.2C5H5.Ti/c2*13-10-6-3-5-9-8-4-1-2-7-11(8)14-12(9)10;2*1-2-4-5-3-1;/h2*1-7,13H;2*1-5H;/q;;;;+4/p-2. The van der Waals surface area contributed by atoms with Gasteiger partial charge in [0, 0.05) is 29.6 Å². The first kappa shape index (κ1) is 30.4. The van der Waals surface area contributed by atoms with E-state index >= 15 is 0 Å². The Morgan fingerprint density at radius 3 is 1.03 bits per heavy atom. The van der Waals surface area contributed by atoms with Crippen molar-refractivity contribution in [1.82, 2.24) is 0 Å². The number of fused-ring (bicyclic) bond motifs is 6. The van der Waals surface area contributed by atoms with E-state index in [4.69, 9.17) is 25.3 Å². The van der Waals surface area contributed by atoms with Gasteiger partial charge in [-0.1, -0.05) is 72.8 Å². The molecule has 0 nitrogen and oxygen atoms in total. The summed E-state index contributed by atoms with van der Waals surface area (Å²) in [4.78, 5) is 1.92. The second-order valence-electron chi connectivity index (χ2n) is 8.39. The average Bonchev–Trinajstić information content (AvgIpc) is 3.77. The van der Waals surface area contributed by atoms with Crippen LogP contribution >= 0.6 is 22.7 Å². The van der Waals surface area contributed by atoms with Gasteiger partial charge in [0.2, 0.25) is 0 Å². The smallest absolute Gasteiger partial charge is 0.778 e. The first-order valence-electron chi connectivity index (χ1n) is 12.2. The summed E-state index contributed by atoms with van der Waals surface area (Å²) < 4.78 is 5.12. The second-order valence-corrected chi connectivity index (χ2v) is 11.4. The quantitative estimate of drug-likeness (QED) is 0.124. The molecule has 0 spiro atoms. The summed E-state index contributed by atoms with van der Waals surface area (Å²) in [5.41, 5.74) is 0. The molecule has 2 aliphatic rings. The molecule has 2 saturated carbocycles. The molecule has 0 bridgehead atoms. The van der Waals surface area contributed by atoms with Crippen molar-refractivity contribution < 1.29 is 21.7 Å². The van der Waals surface area contributed by atoms with Crippen LogP contribution in [0.4, 0.5) is 0 Å². The number of benzene rings is 4. The monoisotopic (exact) mass is 608 g/mol. The molecule has 5 heteroatoms. The molecule has 0 aliphatic heterocycles. The minimum absolute atomic E-state index is 0. The van der Waals surface area contributed by atoms with Crippen LogP contribution < -0.4 is 0 Å². The summed E-state index contributed by atoms with van der Waals surface area (Å²) in [6, 6.07) is 29.2. The Kier molecular flexibility index (Phi) is 12.1. The van der Waals surface area contributed by atoms with Crippen LogP contribution in [0.5, 0.6) is 0 Å². The summed E-state index contributed by atoms with van der Waals surface area (Å²) in [6.07, 6.45) is 20.0. The van der Waals surface area contributed by atoms with Crippen molar-refractivity contribution >= 4 is 88.3 Å². The maximum absolute atomic E-state index is 5.31. The van der Waals surface area contributed by atoms with Crippen molar-refractivity contribution in [3.8, 4) is 0 Å². The van der Waals surface area contributed by atoms with Gasteiger partial charge in [-0.25, -0.2) is 0 Å². The van der Waals surface area contributed by atoms with Gasteiger partial charge in [-0.3, -0.25) is 0 Å². The molecule has 186 valence electrons. The van der Waals surface area contributed by atoms with E-state index in [1.807, 2.05) is 88.5 Å². The van der Waals surface area contributed by atoms with E-state index in [0.717, 1.165) is 9.79 Å². The SMILES string of the molecule is [CH]1[CH][CH][CH][CH]1.[CH]1[CH][CH][CH][CH]1.[S-]c1cccc2c1sc1ccccc12.[S-]c1cccc2c1sc1ccccc12.[Ti+4]. The predicted octanol–water partition coefficient (Wildman–Crippen LogP) is 9.96. The number of hydrogen-bond acceptors (Lipinski definition) is 4. The first-order chi connectivity index (χ1) is 18.7. The fourth-order valence-corrected chi connectivity index (χ4v) is 6.93. The molecule has 0 atom stereocenters. The number of rotatable bonds is 0. The fourth-order valence-electron chi connectivity index (χ4n) is 4.08. The van der Waals surface area contributed by atoms with E-state index in [0.29, 0.717) is 0 Å². The molecule has 2 aromatic heterocycles. The van der Waals surface area contributed by atoms with E-state index in [2.05, 4.69) is 60.7 Å². The van der Waals surface area contributed by atoms with Crippen molar-refractivity contribution in [1.29, 1.82) is 0 Å². The van der Waals surface area contributed by atoms with Gasteiger partial charge in [-0.05, 0) is 87.1 Å². The number of hydrogen-bond donors (Lipinski definition) is 0. The van der Waals surface area contributed by atoms with Gasteiger partial charge in [0.1, 0.15) is 0 Å². The zero-order chi connectivity index (χ0) is 26.2. The molecule has 0 saturated heterocycles. The van der Waals surface area contributed by atoms with Gasteiger partial charge in [-0.2, -0.15) is 9.79 Å². The molecular formula is C34H24S4Ti+2. The first-order valence-corrected chi connectivity index (χ1v) is 14.7. The van der Waals surface area contributed by atoms with Crippen molar-refractivity contribution in [3.63, 3.8) is 0 Å².